The van der Waals surface area contributed by atoms with E-state index in [2.05, 4.69) is 13.1 Å². The summed E-state index contributed by atoms with van der Waals surface area (Å²) in [4.78, 5) is 61.5. The van der Waals surface area contributed by atoms with Crippen molar-refractivity contribution < 1.29 is 56.3 Å². The number of nitrogens with two attached hydrogens (primary N) is 1. The van der Waals surface area contributed by atoms with Crippen LogP contribution in [0.3, 0.4) is 0 Å². The minimum absolute atomic E-state index is 0. The minimum Gasteiger partial charge on any atom is -0.390 e. The summed E-state index contributed by atoms with van der Waals surface area (Å²) < 4.78 is 51.6. The highest BCUT2D eigenvalue weighted by molar-refractivity contribution is 7.66. The third-order valence-corrected chi connectivity index (χ3v) is 7.56. The Bertz CT molecular complexity index is 1110. The molecule has 11 N–H and O–H groups in total. The fourth-order valence-electron chi connectivity index (χ4n) is 2.54. The molecule has 0 bridgehead atoms. The smallest absolute Gasteiger partial charge is 0.390 e. The van der Waals surface area contributed by atoms with Crippen LogP contribution in [0.2, 0.25) is 0 Å². The molecule has 21 heteroatoms. The van der Waals surface area contributed by atoms with Gasteiger partial charge in [-0.25, -0.2) is 18.5 Å². The minimum atomic E-state index is -5.70. The number of phosphoric ester groups is 1. The highest BCUT2D eigenvalue weighted by Crippen LogP contribution is 2.66. The average molecular weight is 540 g/mol. The largest absolute Gasteiger partial charge is 0.490 e. The van der Waals surface area contributed by atoms with Crippen LogP contribution >= 0.6 is 23.5 Å². The van der Waals surface area contributed by atoms with Crippen molar-refractivity contribution in [2.75, 3.05) is 13.2 Å². The first-order valence-corrected chi connectivity index (χ1v) is 13.0. The molecule has 2 heterocycles. The van der Waals surface area contributed by atoms with Gasteiger partial charge >= 0.3 is 29.2 Å². The molecule has 2 rings (SSSR count). The Hall–Kier alpha value is -1.33. The summed E-state index contributed by atoms with van der Waals surface area (Å²) in [6.45, 7) is -0.778. The summed E-state index contributed by atoms with van der Waals surface area (Å²) >= 11 is 0. The van der Waals surface area contributed by atoms with Crippen LogP contribution in [0, 0.1) is 0 Å². The van der Waals surface area contributed by atoms with Crippen LogP contribution in [0.25, 0.3) is 6.08 Å². The van der Waals surface area contributed by atoms with E-state index in [1.807, 2.05) is 4.98 Å². The molecule has 0 spiro atoms. The van der Waals surface area contributed by atoms with E-state index in [1.54, 1.807) is 0 Å². The monoisotopic (exact) mass is 540 g/mol. The fourth-order valence-corrected chi connectivity index (χ4v) is 5.57. The first-order chi connectivity index (χ1) is 14.6. The van der Waals surface area contributed by atoms with Crippen molar-refractivity contribution in [2.45, 2.75) is 24.9 Å². The molecule has 0 aromatic carbocycles. The van der Waals surface area contributed by atoms with Gasteiger partial charge in [-0.1, -0.05) is 12.2 Å². The van der Waals surface area contributed by atoms with Gasteiger partial charge in [0, 0.05) is 19.2 Å². The van der Waals surface area contributed by atoms with E-state index in [9.17, 15) is 33.3 Å². The van der Waals surface area contributed by atoms with E-state index in [0.717, 1.165) is 10.8 Å². The number of aliphatic hydroxyl groups excluding tert-OH is 1. The maximum Gasteiger partial charge on any atom is 0.490 e. The third-order valence-electron chi connectivity index (χ3n) is 3.76. The summed E-state index contributed by atoms with van der Waals surface area (Å²) in [6, 6.07) is 0. The number of nitrogens with one attached hydrogen (secondary N) is 1. The number of H-pyrrole nitrogens is 1. The number of aromatic nitrogens is 2. The number of rotatable bonds is 10. The lowest BCUT2D eigenvalue weighted by atomic mass is 10.2. The highest BCUT2D eigenvalue weighted by Gasteiger charge is 2.43. The van der Waals surface area contributed by atoms with E-state index in [-0.39, 0.29) is 24.7 Å². The van der Waals surface area contributed by atoms with E-state index in [4.69, 9.17) is 25.2 Å². The lowest BCUT2D eigenvalue weighted by Crippen LogP contribution is -2.33. The number of aromatic amines is 1. The molecule has 5 atom stereocenters. The molecular weight excluding hydrogens is 517 g/mol. The van der Waals surface area contributed by atoms with Crippen molar-refractivity contribution in [1.29, 1.82) is 0 Å². The Kier molecular flexibility index (Phi) is 10.3. The Morgan fingerprint density at radius 2 is 1.82 bits per heavy atom. The molecule has 1 aromatic heterocycles. The lowest BCUT2D eigenvalue weighted by Gasteiger charge is -2.19. The van der Waals surface area contributed by atoms with Gasteiger partial charge in [-0.05, 0) is 0 Å². The van der Waals surface area contributed by atoms with Gasteiger partial charge in [-0.2, -0.15) is 8.62 Å². The standard InChI is InChI=1S/C12H20N3O14P3.H3N/c13-3-1-2-7-5-15(12(18)14-11(7)17)10-4-8(16)9(27-10)6-26-31(22,23)29-32(24,25)28-30(19,20)21;/h1-2,5,8-10,16H,3-4,6,13H2,(H,22,23)(H,24,25)(H,14,17,18)(H2,19,20,21);1H3/b2-1+;. The van der Waals surface area contributed by atoms with Crippen LogP contribution in [0.4, 0.5) is 0 Å². The van der Waals surface area contributed by atoms with Crippen molar-refractivity contribution in [3.05, 3.63) is 38.7 Å². The number of aliphatic hydroxyl groups is 1. The van der Waals surface area contributed by atoms with E-state index in [0.29, 0.717) is 0 Å². The summed E-state index contributed by atoms with van der Waals surface area (Å²) in [5.41, 5.74) is 3.81. The van der Waals surface area contributed by atoms with Crippen LogP contribution in [-0.2, 0) is 31.6 Å². The van der Waals surface area contributed by atoms with E-state index >= 15 is 0 Å². The van der Waals surface area contributed by atoms with Crippen molar-refractivity contribution in [1.82, 2.24) is 15.7 Å². The SMILES string of the molecule is N.NC/C=C/c1cn(C2CC(O)C(COP(=O)(O)OP(=O)(O)OP(=O)(O)O)O2)c(=O)[nH]c1=O. The molecule has 1 saturated heterocycles. The maximum absolute atomic E-state index is 12.1. The van der Waals surface area contributed by atoms with Crippen LogP contribution in [-0.4, -0.2) is 59.6 Å². The van der Waals surface area contributed by atoms with Crippen molar-refractivity contribution in [3.63, 3.8) is 0 Å². The zero-order valence-electron chi connectivity index (χ0n) is 16.6. The summed E-state index contributed by atoms with van der Waals surface area (Å²) in [5.74, 6) is 0. The van der Waals surface area contributed by atoms with Gasteiger partial charge < -0.3 is 41.3 Å². The molecule has 1 fully saturated rings. The summed E-state index contributed by atoms with van der Waals surface area (Å²) in [6.07, 6.45) is -0.0802. The van der Waals surface area contributed by atoms with Crippen molar-refractivity contribution in [2.24, 2.45) is 5.73 Å². The van der Waals surface area contributed by atoms with Gasteiger partial charge in [0.2, 0.25) is 0 Å². The molecule has 33 heavy (non-hydrogen) atoms. The Balaban J connectivity index is 0.00000544. The van der Waals surface area contributed by atoms with Gasteiger partial charge in [-0.3, -0.25) is 18.9 Å². The van der Waals surface area contributed by atoms with Gasteiger partial charge in [-0.15, -0.1) is 0 Å². The molecular formula is C12H23N4O14P3. The molecule has 1 aromatic rings. The van der Waals surface area contributed by atoms with Crippen molar-refractivity contribution in [3.8, 4) is 0 Å². The number of ether oxygens (including phenoxy) is 1. The maximum atomic E-state index is 12.1. The van der Waals surface area contributed by atoms with Gasteiger partial charge in [0.05, 0.1) is 18.3 Å². The topological polar surface area (TPSA) is 305 Å². The fraction of sp³-hybridized carbons (Fsp3) is 0.500. The number of phosphoric acid groups is 3. The van der Waals surface area contributed by atoms with Crippen LogP contribution in [0.15, 0.2) is 21.9 Å². The Morgan fingerprint density at radius 1 is 1.18 bits per heavy atom. The van der Waals surface area contributed by atoms with Crippen LogP contribution in [0.1, 0.15) is 18.2 Å². The number of hydrogen-bond donors (Lipinski definition) is 8. The quantitative estimate of drug-likeness (QED) is 0.159. The Labute approximate surface area is 184 Å². The molecule has 5 unspecified atom stereocenters. The summed E-state index contributed by atoms with van der Waals surface area (Å²) in [7, 11) is -16.7. The highest BCUT2D eigenvalue weighted by atomic mass is 31.3. The van der Waals surface area contributed by atoms with Crippen LogP contribution < -0.4 is 23.1 Å². The second-order valence-electron chi connectivity index (χ2n) is 6.21. The van der Waals surface area contributed by atoms with E-state index in [1.165, 1.54) is 12.2 Å². The third kappa shape index (κ3) is 9.09. The zero-order chi connectivity index (χ0) is 24.3. The molecule has 0 amide bonds. The molecule has 0 radical (unpaired) electrons. The normalized spacial score (nSPS) is 24.8. The van der Waals surface area contributed by atoms with E-state index < -0.39 is 59.8 Å². The number of hydrogen-bond acceptors (Lipinski definition) is 12. The molecule has 1 aliphatic rings. The molecule has 0 saturated carbocycles. The molecule has 18 nitrogen and oxygen atoms in total. The second kappa shape index (κ2) is 11.4. The predicted molar refractivity (Wildman–Crippen MR) is 109 cm³/mol. The number of nitrogens with zero attached hydrogens (tertiary/aromatic N) is 1. The first-order valence-electron chi connectivity index (χ1n) is 8.46. The van der Waals surface area contributed by atoms with Gasteiger partial charge in [0.25, 0.3) is 5.56 Å². The molecule has 1 aliphatic heterocycles. The van der Waals surface area contributed by atoms with Crippen molar-refractivity contribution >= 4 is 29.5 Å². The average Bonchev–Trinajstić information content (AvgIpc) is 2.97. The zero-order valence-corrected chi connectivity index (χ0v) is 19.3. The first kappa shape index (κ1) is 29.7. The summed E-state index contributed by atoms with van der Waals surface area (Å²) in [5, 5.41) is 10.1. The second-order valence-corrected chi connectivity index (χ2v) is 10.6. The van der Waals surface area contributed by atoms with Gasteiger partial charge in [0.15, 0.2) is 0 Å². The van der Waals surface area contributed by atoms with Gasteiger partial charge in [0.1, 0.15) is 12.3 Å². The lowest BCUT2D eigenvalue weighted by molar-refractivity contribution is -0.0450. The van der Waals surface area contributed by atoms with Crippen LogP contribution in [0.5, 0.6) is 0 Å². The molecule has 0 aliphatic carbocycles. The predicted octanol–water partition coefficient (Wildman–Crippen LogP) is -1.34. The Morgan fingerprint density at radius 3 is 2.39 bits per heavy atom. The molecule has 190 valence electrons.